The summed E-state index contributed by atoms with van der Waals surface area (Å²) in [4.78, 5) is 25.2. The number of hydrogen-bond donors (Lipinski definition) is 2. The fraction of sp³-hybridized carbons (Fsp3) is 0.833. The van der Waals surface area contributed by atoms with E-state index in [-0.39, 0.29) is 35.9 Å². The van der Waals surface area contributed by atoms with Crippen molar-refractivity contribution in [3.63, 3.8) is 0 Å². The lowest BCUT2D eigenvalue weighted by atomic mass is 9.84. The molecule has 2 amide bonds. The number of nitrogens with two attached hydrogens (primary N) is 1. The van der Waals surface area contributed by atoms with Gasteiger partial charge in [0.25, 0.3) is 0 Å². The van der Waals surface area contributed by atoms with Gasteiger partial charge in [-0.3, -0.25) is 19.8 Å². The van der Waals surface area contributed by atoms with Gasteiger partial charge in [0.05, 0.1) is 12.6 Å². The van der Waals surface area contributed by atoms with Crippen molar-refractivity contribution >= 4 is 11.8 Å². The van der Waals surface area contributed by atoms with Crippen LogP contribution >= 0.6 is 0 Å². The fourth-order valence-electron chi connectivity index (χ4n) is 2.42. The molecular weight excluding hydrogens is 218 g/mol. The molecule has 3 N–H and O–H groups in total. The summed E-state index contributed by atoms with van der Waals surface area (Å²) in [6, 6.07) is -0.220. The Balaban J connectivity index is 2.98. The molecule has 1 heterocycles. The molecule has 5 nitrogen and oxygen atoms in total. The van der Waals surface area contributed by atoms with E-state index in [1.54, 1.807) is 0 Å². The first kappa shape index (κ1) is 14.1. The van der Waals surface area contributed by atoms with Crippen molar-refractivity contribution in [3.05, 3.63) is 0 Å². The number of carbonyl (C=O) groups excluding carboxylic acids is 2. The molecular formula is C12H23N3O2. The monoisotopic (exact) mass is 241 g/mol. The van der Waals surface area contributed by atoms with Gasteiger partial charge in [-0.1, -0.05) is 27.7 Å². The van der Waals surface area contributed by atoms with Gasteiger partial charge < -0.3 is 5.73 Å². The maximum Gasteiger partial charge on any atom is 0.243 e. The van der Waals surface area contributed by atoms with Gasteiger partial charge in [0.2, 0.25) is 11.8 Å². The Bertz CT molecular complexity index is 309. The average molecular weight is 241 g/mol. The van der Waals surface area contributed by atoms with Crippen LogP contribution in [0.1, 0.15) is 34.1 Å². The van der Waals surface area contributed by atoms with E-state index in [1.165, 1.54) is 0 Å². The van der Waals surface area contributed by atoms with Crippen LogP contribution in [0, 0.1) is 5.41 Å². The molecule has 0 aromatic heterocycles. The van der Waals surface area contributed by atoms with Gasteiger partial charge in [0.15, 0.2) is 0 Å². The maximum absolute atomic E-state index is 11.8. The third-order valence-corrected chi connectivity index (χ3v) is 3.30. The Hall–Kier alpha value is -0.940. The normalized spacial score (nSPS) is 24.6. The summed E-state index contributed by atoms with van der Waals surface area (Å²) in [6.07, 6.45) is 0.686. The van der Waals surface area contributed by atoms with Gasteiger partial charge in [-0.2, -0.15) is 0 Å². The summed E-state index contributed by atoms with van der Waals surface area (Å²) < 4.78 is 0. The number of carbonyl (C=O) groups is 2. The quantitative estimate of drug-likeness (QED) is 0.687. The molecule has 0 saturated carbocycles. The van der Waals surface area contributed by atoms with Crippen molar-refractivity contribution in [2.45, 2.75) is 46.2 Å². The minimum absolute atomic E-state index is 0.0300. The van der Waals surface area contributed by atoms with E-state index < -0.39 is 0 Å². The zero-order valence-electron chi connectivity index (χ0n) is 11.1. The molecule has 1 fully saturated rings. The van der Waals surface area contributed by atoms with Gasteiger partial charge >= 0.3 is 0 Å². The molecule has 0 spiro atoms. The predicted molar refractivity (Wildman–Crippen MR) is 66.2 cm³/mol. The van der Waals surface area contributed by atoms with Crippen molar-refractivity contribution in [2.24, 2.45) is 11.1 Å². The third kappa shape index (κ3) is 3.04. The lowest BCUT2D eigenvalue weighted by Gasteiger charge is -2.44. The minimum Gasteiger partial charge on any atom is -0.329 e. The second-order valence-corrected chi connectivity index (χ2v) is 5.63. The molecule has 0 aromatic rings. The first-order valence-corrected chi connectivity index (χ1v) is 6.10. The van der Waals surface area contributed by atoms with Crippen LogP contribution in [0.25, 0.3) is 0 Å². The molecule has 1 aliphatic rings. The highest BCUT2D eigenvalue weighted by atomic mass is 16.2. The van der Waals surface area contributed by atoms with E-state index in [4.69, 9.17) is 5.73 Å². The molecule has 17 heavy (non-hydrogen) atoms. The molecule has 0 aromatic carbocycles. The first-order chi connectivity index (χ1) is 7.81. The molecule has 5 heteroatoms. The number of piperazine rings is 1. The predicted octanol–water partition coefficient (Wildman–Crippen LogP) is 0.0968. The van der Waals surface area contributed by atoms with E-state index in [9.17, 15) is 9.59 Å². The lowest BCUT2D eigenvalue weighted by molar-refractivity contribution is -0.143. The van der Waals surface area contributed by atoms with Crippen LogP contribution in [0.15, 0.2) is 0 Å². The summed E-state index contributed by atoms with van der Waals surface area (Å²) in [7, 11) is 0. The topological polar surface area (TPSA) is 75.4 Å². The number of nitrogens with zero attached hydrogens (tertiary/aromatic N) is 1. The molecule has 1 aliphatic heterocycles. The number of imide groups is 1. The van der Waals surface area contributed by atoms with Crippen LogP contribution in [0.2, 0.25) is 0 Å². The van der Waals surface area contributed by atoms with Gasteiger partial charge in [-0.25, -0.2) is 0 Å². The van der Waals surface area contributed by atoms with Crippen molar-refractivity contribution < 1.29 is 9.59 Å². The zero-order valence-corrected chi connectivity index (χ0v) is 11.1. The van der Waals surface area contributed by atoms with Crippen molar-refractivity contribution in [2.75, 3.05) is 13.1 Å². The number of rotatable bonds is 3. The van der Waals surface area contributed by atoms with Crippen molar-refractivity contribution in [3.8, 4) is 0 Å². The van der Waals surface area contributed by atoms with Crippen molar-refractivity contribution in [1.82, 2.24) is 10.2 Å². The smallest absolute Gasteiger partial charge is 0.243 e. The van der Waals surface area contributed by atoms with Crippen LogP contribution in [0.4, 0.5) is 0 Å². The van der Waals surface area contributed by atoms with Crippen LogP contribution in [-0.4, -0.2) is 41.9 Å². The Morgan fingerprint density at radius 2 is 2.06 bits per heavy atom. The maximum atomic E-state index is 11.8. The summed E-state index contributed by atoms with van der Waals surface area (Å²) >= 11 is 0. The Morgan fingerprint density at radius 3 is 2.47 bits per heavy atom. The largest absolute Gasteiger partial charge is 0.329 e. The molecule has 0 aliphatic carbocycles. The summed E-state index contributed by atoms with van der Waals surface area (Å²) in [5, 5.41) is 2.38. The molecule has 2 atom stereocenters. The van der Waals surface area contributed by atoms with Gasteiger partial charge in [-0.15, -0.1) is 0 Å². The van der Waals surface area contributed by atoms with Crippen LogP contribution in [-0.2, 0) is 9.59 Å². The van der Waals surface area contributed by atoms with E-state index in [1.807, 2.05) is 11.8 Å². The van der Waals surface area contributed by atoms with Crippen LogP contribution < -0.4 is 11.1 Å². The molecule has 2 unspecified atom stereocenters. The van der Waals surface area contributed by atoms with E-state index in [0.29, 0.717) is 13.0 Å². The summed E-state index contributed by atoms with van der Waals surface area (Å²) in [5.41, 5.74) is 5.76. The lowest BCUT2D eigenvalue weighted by Crippen LogP contribution is -2.64. The summed E-state index contributed by atoms with van der Waals surface area (Å²) in [6.45, 7) is 8.88. The van der Waals surface area contributed by atoms with Gasteiger partial charge in [-0.05, 0) is 11.8 Å². The number of amides is 2. The SMILES string of the molecule is CCC1C(=O)NC(=O)CN1C(CN)C(C)(C)C. The highest BCUT2D eigenvalue weighted by molar-refractivity contribution is 6.01. The molecule has 98 valence electrons. The zero-order chi connectivity index (χ0) is 13.2. The molecule has 0 radical (unpaired) electrons. The third-order valence-electron chi connectivity index (χ3n) is 3.30. The number of hydrogen-bond acceptors (Lipinski definition) is 4. The highest BCUT2D eigenvalue weighted by Crippen LogP contribution is 2.27. The highest BCUT2D eigenvalue weighted by Gasteiger charge is 2.40. The molecule has 1 saturated heterocycles. The molecule has 1 rings (SSSR count). The van der Waals surface area contributed by atoms with E-state index >= 15 is 0 Å². The Morgan fingerprint density at radius 1 is 1.47 bits per heavy atom. The van der Waals surface area contributed by atoms with Gasteiger partial charge in [0.1, 0.15) is 0 Å². The van der Waals surface area contributed by atoms with E-state index in [0.717, 1.165) is 0 Å². The van der Waals surface area contributed by atoms with Crippen LogP contribution in [0.5, 0.6) is 0 Å². The standard InChI is InChI=1S/C12H23N3O2/c1-5-8-11(17)14-10(16)7-15(8)9(6-13)12(2,3)4/h8-9H,5-7,13H2,1-4H3,(H,14,16,17). The minimum atomic E-state index is -0.250. The second kappa shape index (κ2) is 5.14. The first-order valence-electron chi connectivity index (χ1n) is 6.10. The Kier molecular flexibility index (Phi) is 4.27. The van der Waals surface area contributed by atoms with Crippen LogP contribution in [0.3, 0.4) is 0 Å². The average Bonchev–Trinajstić information content (AvgIpc) is 2.15. The second-order valence-electron chi connectivity index (χ2n) is 5.63. The van der Waals surface area contributed by atoms with E-state index in [2.05, 4.69) is 26.1 Å². The fourth-order valence-corrected chi connectivity index (χ4v) is 2.42. The van der Waals surface area contributed by atoms with Gasteiger partial charge in [0, 0.05) is 12.6 Å². The van der Waals surface area contributed by atoms with Crippen molar-refractivity contribution in [1.29, 1.82) is 0 Å². The summed E-state index contributed by atoms with van der Waals surface area (Å²) in [5.74, 6) is -0.436. The Labute approximate surface area is 103 Å². The molecule has 0 bridgehead atoms. The number of nitrogens with one attached hydrogen (secondary N) is 1.